The van der Waals surface area contributed by atoms with E-state index in [1.54, 1.807) is 0 Å². The molecule has 0 unspecified atom stereocenters. The summed E-state index contributed by atoms with van der Waals surface area (Å²) < 4.78 is 0. The first kappa shape index (κ1) is 16.0. The molecule has 0 saturated carbocycles. The van der Waals surface area contributed by atoms with Crippen LogP contribution in [0.25, 0.3) is 0 Å². The highest BCUT2D eigenvalue weighted by Crippen LogP contribution is 2.12. The Hall–Kier alpha value is -2.08. The van der Waals surface area contributed by atoms with Gasteiger partial charge < -0.3 is 20.8 Å². The van der Waals surface area contributed by atoms with Crippen molar-refractivity contribution >= 4 is 12.0 Å². The lowest BCUT2D eigenvalue weighted by atomic mass is 10.1. The standard InChI is InChI=1S/C14H20N2O4/c1-10-4-6-11(7-5-10)12(17)9-16-14(20)15-8-2-3-13(18)19/h4-7,12,17H,2-3,8-9H2,1H3,(H,18,19)(H2,15,16,20)/t12-/m0/s1. The molecular weight excluding hydrogens is 260 g/mol. The average molecular weight is 280 g/mol. The van der Waals surface area contributed by atoms with E-state index in [9.17, 15) is 14.7 Å². The Morgan fingerprint density at radius 1 is 1.20 bits per heavy atom. The minimum absolute atomic E-state index is 0.0201. The van der Waals surface area contributed by atoms with Crippen LogP contribution in [0.1, 0.15) is 30.1 Å². The molecule has 0 heterocycles. The SMILES string of the molecule is Cc1ccc([C@@H](O)CNC(=O)NCCCC(=O)O)cc1. The van der Waals surface area contributed by atoms with Crippen LogP contribution in [0.3, 0.4) is 0 Å². The van der Waals surface area contributed by atoms with Gasteiger partial charge in [0.2, 0.25) is 0 Å². The number of aliphatic carboxylic acids is 1. The number of rotatable bonds is 7. The number of hydrogen-bond donors (Lipinski definition) is 4. The maximum atomic E-state index is 11.4. The number of hydrogen-bond acceptors (Lipinski definition) is 3. The summed E-state index contributed by atoms with van der Waals surface area (Å²) in [6.45, 7) is 2.35. The van der Waals surface area contributed by atoms with Crippen molar-refractivity contribution in [3.8, 4) is 0 Å². The van der Waals surface area contributed by atoms with E-state index < -0.39 is 18.1 Å². The van der Waals surface area contributed by atoms with E-state index in [0.717, 1.165) is 11.1 Å². The van der Waals surface area contributed by atoms with Crippen molar-refractivity contribution in [2.24, 2.45) is 0 Å². The Bertz CT molecular complexity index is 445. The summed E-state index contributed by atoms with van der Waals surface area (Å²) in [5.74, 6) is -0.887. The summed E-state index contributed by atoms with van der Waals surface area (Å²) in [4.78, 5) is 21.7. The molecule has 0 aliphatic rings. The van der Waals surface area contributed by atoms with Crippen LogP contribution in [0.2, 0.25) is 0 Å². The number of carbonyl (C=O) groups is 2. The molecule has 1 rings (SSSR count). The molecule has 1 aromatic carbocycles. The summed E-state index contributed by atoms with van der Waals surface area (Å²) >= 11 is 0. The molecule has 0 saturated heterocycles. The minimum atomic E-state index is -0.887. The molecule has 2 amide bonds. The minimum Gasteiger partial charge on any atom is -0.481 e. The van der Waals surface area contributed by atoms with Gasteiger partial charge >= 0.3 is 12.0 Å². The van der Waals surface area contributed by atoms with Gasteiger partial charge in [0.15, 0.2) is 0 Å². The Kier molecular flexibility index (Phi) is 6.52. The molecule has 0 radical (unpaired) electrons. The van der Waals surface area contributed by atoms with Crippen LogP contribution in [0, 0.1) is 6.92 Å². The Morgan fingerprint density at radius 3 is 2.45 bits per heavy atom. The first-order valence-electron chi connectivity index (χ1n) is 6.47. The number of amides is 2. The van der Waals surface area contributed by atoms with Gasteiger partial charge in [0, 0.05) is 19.5 Å². The maximum Gasteiger partial charge on any atom is 0.314 e. The largest absolute Gasteiger partial charge is 0.481 e. The van der Waals surface area contributed by atoms with Gasteiger partial charge in [0.25, 0.3) is 0 Å². The molecule has 4 N–H and O–H groups in total. The van der Waals surface area contributed by atoms with Gasteiger partial charge in [0.05, 0.1) is 6.10 Å². The van der Waals surface area contributed by atoms with E-state index in [-0.39, 0.29) is 13.0 Å². The highest BCUT2D eigenvalue weighted by Gasteiger charge is 2.09. The highest BCUT2D eigenvalue weighted by atomic mass is 16.4. The van der Waals surface area contributed by atoms with Gasteiger partial charge in [0.1, 0.15) is 0 Å². The van der Waals surface area contributed by atoms with Crippen molar-refractivity contribution in [1.82, 2.24) is 10.6 Å². The predicted molar refractivity (Wildman–Crippen MR) is 74.4 cm³/mol. The molecule has 0 bridgehead atoms. The number of aryl methyl sites for hydroxylation is 1. The fourth-order valence-electron chi connectivity index (χ4n) is 1.60. The Morgan fingerprint density at radius 2 is 1.85 bits per heavy atom. The number of nitrogens with one attached hydrogen (secondary N) is 2. The zero-order valence-corrected chi connectivity index (χ0v) is 11.4. The van der Waals surface area contributed by atoms with E-state index in [4.69, 9.17) is 5.11 Å². The maximum absolute atomic E-state index is 11.4. The fraction of sp³-hybridized carbons (Fsp3) is 0.429. The monoisotopic (exact) mass is 280 g/mol. The summed E-state index contributed by atoms with van der Waals surface area (Å²) in [5.41, 5.74) is 1.84. The zero-order valence-electron chi connectivity index (χ0n) is 11.4. The van der Waals surface area contributed by atoms with Crippen molar-refractivity contribution in [2.45, 2.75) is 25.9 Å². The van der Waals surface area contributed by atoms with Gasteiger partial charge in [-0.25, -0.2) is 4.79 Å². The number of carboxylic acid groups (broad SMARTS) is 1. The van der Waals surface area contributed by atoms with E-state index in [2.05, 4.69) is 10.6 Å². The van der Waals surface area contributed by atoms with Gasteiger partial charge in [-0.1, -0.05) is 29.8 Å². The first-order chi connectivity index (χ1) is 9.49. The molecule has 6 heteroatoms. The van der Waals surface area contributed by atoms with Gasteiger partial charge in [-0.3, -0.25) is 4.79 Å². The van der Waals surface area contributed by atoms with Gasteiger partial charge in [-0.2, -0.15) is 0 Å². The second-order valence-corrected chi connectivity index (χ2v) is 4.56. The molecule has 0 aliphatic carbocycles. The third kappa shape index (κ3) is 6.19. The summed E-state index contributed by atoms with van der Waals surface area (Å²) in [5, 5.41) is 23.4. The second kappa shape index (κ2) is 8.16. The normalized spacial score (nSPS) is 11.7. The number of urea groups is 1. The second-order valence-electron chi connectivity index (χ2n) is 4.56. The molecule has 0 spiro atoms. The molecule has 6 nitrogen and oxygen atoms in total. The Labute approximate surface area is 117 Å². The number of aliphatic hydroxyl groups is 1. The van der Waals surface area contributed by atoms with Crippen LogP contribution >= 0.6 is 0 Å². The Balaban J connectivity index is 2.23. The molecule has 0 aliphatic heterocycles. The summed E-state index contributed by atoms with van der Waals surface area (Å²) in [7, 11) is 0. The fourth-order valence-corrected chi connectivity index (χ4v) is 1.60. The van der Waals surface area contributed by atoms with E-state index in [1.165, 1.54) is 0 Å². The molecule has 0 fully saturated rings. The summed E-state index contributed by atoms with van der Waals surface area (Å²) in [6, 6.07) is 7.00. The van der Waals surface area contributed by atoms with Crippen molar-refractivity contribution in [1.29, 1.82) is 0 Å². The molecule has 1 atom stereocenters. The number of carbonyl (C=O) groups excluding carboxylic acids is 1. The number of benzene rings is 1. The first-order valence-corrected chi connectivity index (χ1v) is 6.47. The van der Waals surface area contributed by atoms with Crippen molar-refractivity contribution in [2.75, 3.05) is 13.1 Å². The van der Waals surface area contributed by atoms with Crippen LogP contribution in [-0.2, 0) is 4.79 Å². The molecule has 1 aromatic rings. The van der Waals surface area contributed by atoms with Crippen molar-refractivity contribution < 1.29 is 19.8 Å². The lowest BCUT2D eigenvalue weighted by molar-refractivity contribution is -0.137. The topological polar surface area (TPSA) is 98.7 Å². The molecule has 0 aromatic heterocycles. The lowest BCUT2D eigenvalue weighted by Crippen LogP contribution is -2.38. The predicted octanol–water partition coefficient (Wildman–Crippen LogP) is 1.19. The van der Waals surface area contributed by atoms with Crippen LogP contribution in [0.15, 0.2) is 24.3 Å². The van der Waals surface area contributed by atoms with E-state index >= 15 is 0 Å². The van der Waals surface area contributed by atoms with Crippen LogP contribution in [-0.4, -0.2) is 35.3 Å². The number of carboxylic acids is 1. The van der Waals surface area contributed by atoms with Gasteiger partial charge in [-0.05, 0) is 18.9 Å². The van der Waals surface area contributed by atoms with Crippen LogP contribution in [0.5, 0.6) is 0 Å². The quantitative estimate of drug-likeness (QED) is 0.564. The highest BCUT2D eigenvalue weighted by molar-refractivity contribution is 5.74. The van der Waals surface area contributed by atoms with Crippen molar-refractivity contribution in [3.05, 3.63) is 35.4 Å². The average Bonchev–Trinajstić information content (AvgIpc) is 2.41. The lowest BCUT2D eigenvalue weighted by Gasteiger charge is -2.13. The van der Waals surface area contributed by atoms with Gasteiger partial charge in [-0.15, -0.1) is 0 Å². The number of aliphatic hydroxyl groups excluding tert-OH is 1. The molecule has 20 heavy (non-hydrogen) atoms. The van der Waals surface area contributed by atoms with Crippen molar-refractivity contribution in [3.63, 3.8) is 0 Å². The molecule has 110 valence electrons. The zero-order chi connectivity index (χ0) is 15.0. The third-order valence-corrected chi connectivity index (χ3v) is 2.77. The third-order valence-electron chi connectivity index (χ3n) is 2.77. The van der Waals surface area contributed by atoms with E-state index in [1.807, 2.05) is 31.2 Å². The smallest absolute Gasteiger partial charge is 0.314 e. The van der Waals surface area contributed by atoms with Crippen LogP contribution in [0.4, 0.5) is 4.79 Å². The van der Waals surface area contributed by atoms with Crippen LogP contribution < -0.4 is 10.6 Å². The molecular formula is C14H20N2O4. The summed E-state index contributed by atoms with van der Waals surface area (Å²) in [6.07, 6.45) is -0.365. The van der Waals surface area contributed by atoms with E-state index in [0.29, 0.717) is 13.0 Å².